The van der Waals surface area contributed by atoms with E-state index in [1.54, 1.807) is 7.11 Å². The van der Waals surface area contributed by atoms with Gasteiger partial charge in [-0.2, -0.15) is 0 Å². The second-order valence-electron chi connectivity index (χ2n) is 2.35. The van der Waals surface area contributed by atoms with Crippen molar-refractivity contribution in [1.82, 2.24) is 5.32 Å². The van der Waals surface area contributed by atoms with Crippen LogP contribution in [0, 0.1) is 0 Å². The standard InChI is InChI=1S/C7H14N4O3/c1-13-4-5-14-6-7(12)9-2-3-10-11-8/h2-6H2,1H3,(H,9,12). The molecule has 0 spiro atoms. The van der Waals surface area contributed by atoms with Crippen molar-refractivity contribution in [3.8, 4) is 0 Å². The minimum Gasteiger partial charge on any atom is -0.382 e. The van der Waals surface area contributed by atoms with Gasteiger partial charge in [-0.05, 0) is 5.53 Å². The third-order valence-electron chi connectivity index (χ3n) is 1.26. The van der Waals surface area contributed by atoms with Gasteiger partial charge in [0.2, 0.25) is 5.91 Å². The molecule has 1 N–H and O–H groups in total. The van der Waals surface area contributed by atoms with Gasteiger partial charge >= 0.3 is 0 Å². The Labute approximate surface area is 82.0 Å². The van der Waals surface area contributed by atoms with E-state index in [0.29, 0.717) is 19.8 Å². The molecular weight excluding hydrogens is 188 g/mol. The van der Waals surface area contributed by atoms with Crippen LogP contribution in [0.5, 0.6) is 0 Å². The molecule has 0 fully saturated rings. The summed E-state index contributed by atoms with van der Waals surface area (Å²) in [5.74, 6) is -0.228. The zero-order chi connectivity index (χ0) is 10.6. The molecule has 0 aliphatic carbocycles. The van der Waals surface area contributed by atoms with Gasteiger partial charge in [-0.1, -0.05) is 5.11 Å². The van der Waals surface area contributed by atoms with Crippen molar-refractivity contribution in [3.63, 3.8) is 0 Å². The lowest BCUT2D eigenvalue weighted by atomic mass is 10.5. The van der Waals surface area contributed by atoms with Crippen LogP contribution in [0.1, 0.15) is 0 Å². The predicted octanol–water partition coefficient (Wildman–Crippen LogP) is 0.0759. The molecule has 0 bridgehead atoms. The van der Waals surface area contributed by atoms with Gasteiger partial charge in [-0.3, -0.25) is 4.79 Å². The summed E-state index contributed by atoms with van der Waals surface area (Å²) in [7, 11) is 1.56. The van der Waals surface area contributed by atoms with Gasteiger partial charge in [-0.25, -0.2) is 0 Å². The summed E-state index contributed by atoms with van der Waals surface area (Å²) in [6, 6.07) is 0. The monoisotopic (exact) mass is 202 g/mol. The summed E-state index contributed by atoms with van der Waals surface area (Å²) < 4.78 is 9.68. The summed E-state index contributed by atoms with van der Waals surface area (Å²) in [5.41, 5.74) is 7.94. The first-order chi connectivity index (χ1) is 6.81. The van der Waals surface area contributed by atoms with Crippen molar-refractivity contribution in [2.75, 3.05) is 40.0 Å². The number of nitrogens with zero attached hydrogens (tertiary/aromatic N) is 3. The summed E-state index contributed by atoms with van der Waals surface area (Å²) >= 11 is 0. The Hall–Kier alpha value is -1.30. The maximum absolute atomic E-state index is 11.0. The Balaban J connectivity index is 3.23. The summed E-state index contributed by atoms with van der Waals surface area (Å²) in [6.45, 7) is 1.43. The van der Waals surface area contributed by atoms with Crippen LogP contribution in [0.25, 0.3) is 10.4 Å². The molecule has 0 aromatic rings. The van der Waals surface area contributed by atoms with Crippen molar-refractivity contribution in [3.05, 3.63) is 10.4 Å². The highest BCUT2D eigenvalue weighted by Gasteiger charge is 1.98. The number of methoxy groups -OCH3 is 1. The third kappa shape index (κ3) is 8.79. The van der Waals surface area contributed by atoms with Crippen molar-refractivity contribution in [2.45, 2.75) is 0 Å². The van der Waals surface area contributed by atoms with Gasteiger partial charge in [0.1, 0.15) is 6.61 Å². The van der Waals surface area contributed by atoms with Crippen LogP contribution in [0.4, 0.5) is 0 Å². The van der Waals surface area contributed by atoms with Crippen LogP contribution in [0.2, 0.25) is 0 Å². The fourth-order valence-electron chi connectivity index (χ4n) is 0.648. The topological polar surface area (TPSA) is 96.3 Å². The van der Waals surface area contributed by atoms with E-state index in [0.717, 1.165) is 0 Å². The lowest BCUT2D eigenvalue weighted by molar-refractivity contribution is -0.126. The zero-order valence-corrected chi connectivity index (χ0v) is 8.10. The van der Waals surface area contributed by atoms with Crippen LogP contribution in [-0.2, 0) is 14.3 Å². The van der Waals surface area contributed by atoms with Crippen molar-refractivity contribution >= 4 is 5.91 Å². The van der Waals surface area contributed by atoms with Gasteiger partial charge in [0.15, 0.2) is 0 Å². The second-order valence-corrected chi connectivity index (χ2v) is 2.35. The van der Waals surface area contributed by atoms with E-state index >= 15 is 0 Å². The number of azide groups is 1. The van der Waals surface area contributed by atoms with Crippen molar-refractivity contribution in [1.29, 1.82) is 0 Å². The maximum Gasteiger partial charge on any atom is 0.245 e. The molecule has 7 heteroatoms. The van der Waals surface area contributed by atoms with Crippen LogP contribution < -0.4 is 5.32 Å². The SMILES string of the molecule is COCCOCC(=O)NCCN=[N+]=[N-]. The Morgan fingerprint density at radius 2 is 2.36 bits per heavy atom. The largest absolute Gasteiger partial charge is 0.382 e. The highest BCUT2D eigenvalue weighted by molar-refractivity contribution is 5.77. The van der Waals surface area contributed by atoms with E-state index in [2.05, 4.69) is 15.3 Å². The number of carbonyl (C=O) groups is 1. The zero-order valence-electron chi connectivity index (χ0n) is 8.10. The molecule has 0 saturated heterocycles. The Morgan fingerprint density at radius 3 is 3.00 bits per heavy atom. The van der Waals surface area contributed by atoms with E-state index in [1.807, 2.05) is 0 Å². The fourth-order valence-corrected chi connectivity index (χ4v) is 0.648. The Bertz CT molecular complexity index is 203. The van der Waals surface area contributed by atoms with Crippen LogP contribution in [-0.4, -0.2) is 45.9 Å². The van der Waals surface area contributed by atoms with E-state index < -0.39 is 0 Å². The number of rotatable bonds is 8. The van der Waals surface area contributed by atoms with E-state index in [-0.39, 0.29) is 19.1 Å². The first-order valence-electron chi connectivity index (χ1n) is 4.15. The number of nitrogens with one attached hydrogen (secondary N) is 1. The number of amides is 1. The molecule has 1 amide bonds. The average Bonchev–Trinajstić information content (AvgIpc) is 2.19. The number of hydrogen-bond acceptors (Lipinski definition) is 4. The van der Waals surface area contributed by atoms with Crippen LogP contribution >= 0.6 is 0 Å². The number of carbonyl (C=O) groups excluding carboxylic acids is 1. The van der Waals surface area contributed by atoms with E-state index in [9.17, 15) is 4.79 Å². The molecule has 0 aromatic heterocycles. The molecule has 0 aliphatic rings. The molecule has 80 valence electrons. The molecule has 7 nitrogen and oxygen atoms in total. The van der Waals surface area contributed by atoms with Gasteiger partial charge in [0.25, 0.3) is 0 Å². The quantitative estimate of drug-likeness (QED) is 0.261. The minimum atomic E-state index is -0.228. The maximum atomic E-state index is 11.0. The smallest absolute Gasteiger partial charge is 0.245 e. The second kappa shape index (κ2) is 9.79. The van der Waals surface area contributed by atoms with Gasteiger partial charge in [0.05, 0.1) is 13.2 Å². The molecule has 0 saturated carbocycles. The molecule has 0 aliphatic heterocycles. The Kier molecular flexibility index (Phi) is 8.88. The first-order valence-corrected chi connectivity index (χ1v) is 4.15. The molecule has 0 rings (SSSR count). The molecular formula is C7H14N4O3. The van der Waals surface area contributed by atoms with E-state index in [1.165, 1.54) is 0 Å². The predicted molar refractivity (Wildman–Crippen MR) is 49.7 cm³/mol. The average molecular weight is 202 g/mol. The lowest BCUT2D eigenvalue weighted by Gasteiger charge is -2.03. The molecule has 0 aromatic carbocycles. The molecule has 0 heterocycles. The van der Waals surface area contributed by atoms with E-state index in [4.69, 9.17) is 15.0 Å². The van der Waals surface area contributed by atoms with Gasteiger partial charge in [0, 0.05) is 25.1 Å². The molecule has 0 unspecified atom stereocenters. The highest BCUT2D eigenvalue weighted by atomic mass is 16.5. The number of hydrogen-bond donors (Lipinski definition) is 1. The molecule has 0 atom stereocenters. The number of ether oxygens (including phenoxy) is 2. The highest BCUT2D eigenvalue weighted by Crippen LogP contribution is 1.77. The van der Waals surface area contributed by atoms with Gasteiger partial charge < -0.3 is 14.8 Å². The third-order valence-corrected chi connectivity index (χ3v) is 1.26. The summed E-state index contributed by atoms with van der Waals surface area (Å²) in [4.78, 5) is 13.5. The fraction of sp³-hybridized carbons (Fsp3) is 0.857. The molecule has 14 heavy (non-hydrogen) atoms. The summed E-state index contributed by atoms with van der Waals surface area (Å²) in [5, 5.41) is 5.78. The Morgan fingerprint density at radius 1 is 1.57 bits per heavy atom. The van der Waals surface area contributed by atoms with Gasteiger partial charge in [-0.15, -0.1) is 0 Å². The lowest BCUT2D eigenvalue weighted by Crippen LogP contribution is -2.30. The summed E-state index contributed by atoms with van der Waals surface area (Å²) in [6.07, 6.45) is 0. The van der Waals surface area contributed by atoms with Crippen LogP contribution in [0.3, 0.4) is 0 Å². The van der Waals surface area contributed by atoms with Crippen molar-refractivity contribution in [2.24, 2.45) is 5.11 Å². The molecule has 0 radical (unpaired) electrons. The van der Waals surface area contributed by atoms with Crippen LogP contribution in [0.15, 0.2) is 5.11 Å². The first kappa shape index (κ1) is 12.7. The minimum absolute atomic E-state index is 0.000369. The normalized spacial score (nSPS) is 9.21. The van der Waals surface area contributed by atoms with Crippen molar-refractivity contribution < 1.29 is 14.3 Å².